The summed E-state index contributed by atoms with van der Waals surface area (Å²) >= 11 is 0. The maximum absolute atomic E-state index is 12.5. The van der Waals surface area contributed by atoms with E-state index in [1.165, 1.54) is 0 Å². The SMILES string of the molecule is O=C(COC(=O)C1(c2ccccc2)CC1)Nc1ccc(N2CCCC2=O)cc1. The molecule has 2 aliphatic rings. The number of hydrogen-bond acceptors (Lipinski definition) is 4. The van der Waals surface area contributed by atoms with Gasteiger partial charge in [-0.25, -0.2) is 0 Å². The predicted molar refractivity (Wildman–Crippen MR) is 105 cm³/mol. The Hall–Kier alpha value is -3.15. The van der Waals surface area contributed by atoms with E-state index in [4.69, 9.17) is 4.74 Å². The molecule has 2 fully saturated rings. The minimum atomic E-state index is -0.592. The number of anilines is 2. The van der Waals surface area contributed by atoms with Gasteiger partial charge < -0.3 is 15.0 Å². The number of esters is 1. The molecule has 6 heteroatoms. The summed E-state index contributed by atoms with van der Waals surface area (Å²) in [5.41, 5.74) is 1.77. The fraction of sp³-hybridized carbons (Fsp3) is 0.318. The molecule has 0 unspecified atom stereocenters. The topological polar surface area (TPSA) is 75.7 Å². The van der Waals surface area contributed by atoms with Crippen molar-refractivity contribution in [3.63, 3.8) is 0 Å². The maximum Gasteiger partial charge on any atom is 0.317 e. The van der Waals surface area contributed by atoms with Gasteiger partial charge in [-0.2, -0.15) is 0 Å². The summed E-state index contributed by atoms with van der Waals surface area (Å²) < 4.78 is 5.27. The number of carbonyl (C=O) groups is 3. The third kappa shape index (κ3) is 3.63. The minimum Gasteiger partial charge on any atom is -0.455 e. The van der Waals surface area contributed by atoms with E-state index in [0.29, 0.717) is 12.1 Å². The van der Waals surface area contributed by atoms with Gasteiger partial charge in [-0.05, 0) is 49.1 Å². The summed E-state index contributed by atoms with van der Waals surface area (Å²) in [6.45, 7) is 0.406. The van der Waals surface area contributed by atoms with E-state index >= 15 is 0 Å². The van der Waals surface area contributed by atoms with Gasteiger partial charge in [0.15, 0.2) is 6.61 Å². The van der Waals surface area contributed by atoms with Gasteiger partial charge in [-0.1, -0.05) is 30.3 Å². The molecule has 28 heavy (non-hydrogen) atoms. The molecule has 2 aromatic carbocycles. The van der Waals surface area contributed by atoms with Crippen LogP contribution in [0, 0.1) is 0 Å². The Morgan fingerprint density at radius 3 is 2.36 bits per heavy atom. The molecule has 0 spiro atoms. The first kappa shape index (κ1) is 18.2. The van der Waals surface area contributed by atoms with Crippen LogP contribution in [0.2, 0.25) is 0 Å². The van der Waals surface area contributed by atoms with Crippen LogP contribution in [0.5, 0.6) is 0 Å². The van der Waals surface area contributed by atoms with Gasteiger partial charge >= 0.3 is 5.97 Å². The van der Waals surface area contributed by atoms with Gasteiger partial charge in [0.05, 0.1) is 5.41 Å². The lowest BCUT2D eigenvalue weighted by atomic mass is 9.96. The lowest BCUT2D eigenvalue weighted by Crippen LogP contribution is -2.28. The van der Waals surface area contributed by atoms with E-state index in [1.807, 2.05) is 30.3 Å². The van der Waals surface area contributed by atoms with Crippen LogP contribution in [0.15, 0.2) is 54.6 Å². The number of hydrogen-bond donors (Lipinski definition) is 1. The molecule has 1 aliphatic heterocycles. The zero-order valence-corrected chi connectivity index (χ0v) is 15.5. The van der Waals surface area contributed by atoms with Crippen LogP contribution >= 0.6 is 0 Å². The molecular formula is C22H22N2O4. The van der Waals surface area contributed by atoms with E-state index < -0.39 is 5.41 Å². The normalized spacial score (nSPS) is 17.3. The summed E-state index contributed by atoms with van der Waals surface area (Å²) in [4.78, 5) is 38.1. The Labute approximate surface area is 163 Å². The van der Waals surface area contributed by atoms with Gasteiger partial charge in [0.25, 0.3) is 5.91 Å². The third-order valence-corrected chi connectivity index (χ3v) is 5.34. The van der Waals surface area contributed by atoms with Gasteiger partial charge in [-0.15, -0.1) is 0 Å². The molecule has 0 aromatic heterocycles. The highest BCUT2D eigenvalue weighted by atomic mass is 16.5. The molecule has 1 saturated heterocycles. The average Bonchev–Trinajstić information content (AvgIpc) is 3.43. The van der Waals surface area contributed by atoms with Crippen LogP contribution in [0.25, 0.3) is 0 Å². The highest BCUT2D eigenvalue weighted by Gasteiger charge is 2.52. The molecule has 144 valence electrons. The molecule has 0 bridgehead atoms. The van der Waals surface area contributed by atoms with Gasteiger partial charge in [0, 0.05) is 24.3 Å². The fourth-order valence-corrected chi connectivity index (χ4v) is 3.61. The van der Waals surface area contributed by atoms with Crippen molar-refractivity contribution in [1.82, 2.24) is 0 Å². The molecule has 1 heterocycles. The van der Waals surface area contributed by atoms with Crippen molar-refractivity contribution in [3.8, 4) is 0 Å². The van der Waals surface area contributed by atoms with Crippen LogP contribution in [-0.4, -0.2) is 30.9 Å². The van der Waals surface area contributed by atoms with Crippen LogP contribution < -0.4 is 10.2 Å². The summed E-state index contributed by atoms with van der Waals surface area (Å²) in [6.07, 6.45) is 2.93. The summed E-state index contributed by atoms with van der Waals surface area (Å²) in [5.74, 6) is -0.616. The van der Waals surface area contributed by atoms with E-state index in [1.54, 1.807) is 29.2 Å². The van der Waals surface area contributed by atoms with E-state index in [9.17, 15) is 14.4 Å². The van der Waals surface area contributed by atoms with Gasteiger partial charge in [0.1, 0.15) is 0 Å². The van der Waals surface area contributed by atoms with Crippen LogP contribution in [0.4, 0.5) is 11.4 Å². The first-order valence-electron chi connectivity index (χ1n) is 9.51. The van der Waals surface area contributed by atoms with Crippen LogP contribution in [0.3, 0.4) is 0 Å². The third-order valence-electron chi connectivity index (χ3n) is 5.34. The number of nitrogens with one attached hydrogen (secondary N) is 1. The summed E-state index contributed by atoms with van der Waals surface area (Å²) in [7, 11) is 0. The van der Waals surface area contributed by atoms with Gasteiger partial charge in [0.2, 0.25) is 5.91 Å². The maximum atomic E-state index is 12.5. The van der Waals surface area contributed by atoms with E-state index in [2.05, 4.69) is 5.32 Å². The van der Waals surface area contributed by atoms with Crippen molar-refractivity contribution in [2.75, 3.05) is 23.4 Å². The fourth-order valence-electron chi connectivity index (χ4n) is 3.61. The standard InChI is InChI=1S/C22H22N2O4/c25-19(15-28-21(27)22(12-13-22)16-5-2-1-3-6-16)23-17-8-10-18(11-9-17)24-14-4-7-20(24)26/h1-3,5-6,8-11H,4,7,12-15H2,(H,23,25). The second kappa shape index (κ2) is 7.46. The van der Waals surface area contributed by atoms with Gasteiger partial charge in [-0.3, -0.25) is 14.4 Å². The van der Waals surface area contributed by atoms with Crippen molar-refractivity contribution in [2.24, 2.45) is 0 Å². The Morgan fingerprint density at radius 2 is 1.75 bits per heavy atom. The van der Waals surface area contributed by atoms with Crippen LogP contribution in [0.1, 0.15) is 31.2 Å². The number of carbonyl (C=O) groups excluding carboxylic acids is 3. The number of ether oxygens (including phenoxy) is 1. The molecule has 0 atom stereocenters. The highest BCUT2D eigenvalue weighted by Crippen LogP contribution is 2.49. The van der Waals surface area contributed by atoms with Crippen LogP contribution in [-0.2, 0) is 24.5 Å². The smallest absolute Gasteiger partial charge is 0.317 e. The average molecular weight is 378 g/mol. The Morgan fingerprint density at radius 1 is 1.04 bits per heavy atom. The molecular weight excluding hydrogens is 356 g/mol. The number of amides is 2. The number of nitrogens with zero attached hydrogens (tertiary/aromatic N) is 1. The largest absolute Gasteiger partial charge is 0.455 e. The van der Waals surface area contributed by atoms with Crippen molar-refractivity contribution in [1.29, 1.82) is 0 Å². The molecule has 1 aliphatic carbocycles. The lowest BCUT2D eigenvalue weighted by Gasteiger charge is -2.16. The molecule has 6 nitrogen and oxygen atoms in total. The van der Waals surface area contributed by atoms with Crippen molar-refractivity contribution in [3.05, 3.63) is 60.2 Å². The molecule has 4 rings (SSSR count). The van der Waals surface area contributed by atoms with E-state index in [0.717, 1.165) is 37.1 Å². The second-order valence-corrected chi connectivity index (χ2v) is 7.27. The van der Waals surface area contributed by atoms with Crippen molar-refractivity contribution < 1.29 is 19.1 Å². The Kier molecular flexibility index (Phi) is 4.86. The molecule has 0 radical (unpaired) electrons. The Balaban J connectivity index is 1.30. The summed E-state index contributed by atoms with van der Waals surface area (Å²) in [6, 6.07) is 16.6. The van der Waals surface area contributed by atoms with Crippen molar-refractivity contribution >= 4 is 29.2 Å². The molecule has 1 saturated carbocycles. The zero-order valence-electron chi connectivity index (χ0n) is 15.5. The molecule has 2 amide bonds. The minimum absolute atomic E-state index is 0.121. The quantitative estimate of drug-likeness (QED) is 0.784. The monoisotopic (exact) mass is 378 g/mol. The van der Waals surface area contributed by atoms with Crippen molar-refractivity contribution in [2.45, 2.75) is 31.1 Å². The number of rotatable bonds is 6. The first-order valence-corrected chi connectivity index (χ1v) is 9.51. The first-order chi connectivity index (χ1) is 13.6. The highest BCUT2D eigenvalue weighted by molar-refractivity contribution is 5.97. The number of benzene rings is 2. The predicted octanol–water partition coefficient (Wildman–Crippen LogP) is 3.03. The molecule has 2 aromatic rings. The Bertz CT molecular complexity index is 889. The molecule has 1 N–H and O–H groups in total. The zero-order chi connectivity index (χ0) is 19.6. The van der Waals surface area contributed by atoms with E-state index in [-0.39, 0.29) is 24.4 Å². The second-order valence-electron chi connectivity index (χ2n) is 7.27. The summed E-state index contributed by atoms with van der Waals surface area (Å²) in [5, 5.41) is 2.72. The lowest BCUT2D eigenvalue weighted by molar-refractivity contribution is -0.150.